The summed E-state index contributed by atoms with van der Waals surface area (Å²) in [5.74, 6) is 0.347. The predicted octanol–water partition coefficient (Wildman–Crippen LogP) is 0.0962. The van der Waals surface area contributed by atoms with Crippen LogP contribution in [-0.4, -0.2) is 17.6 Å². The molecule has 37 valence electrons. The minimum absolute atomic E-state index is 0.0849. The number of alkyl halides is 1. The fourth-order valence-electron chi connectivity index (χ4n) is 0. The van der Waals surface area contributed by atoms with Gasteiger partial charge in [0.05, 0.1) is 6.61 Å². The molecule has 0 radical (unpaired) electrons. The number of rotatable bonds is 1. The first-order chi connectivity index (χ1) is 2.91. The molecule has 0 saturated carbocycles. The van der Waals surface area contributed by atoms with Gasteiger partial charge in [-0.3, -0.25) is 0 Å². The standard InChI is InChI=1S/C2H5ClO.O.V/c3-1-2-4;;/h4H,1-2H2;;. The van der Waals surface area contributed by atoms with Crippen molar-refractivity contribution in [2.24, 2.45) is 0 Å². The summed E-state index contributed by atoms with van der Waals surface area (Å²) >= 11 is 6.00. The molecule has 0 amide bonds. The number of hydrogen-bond donors (Lipinski definition) is 1. The van der Waals surface area contributed by atoms with Crippen LogP contribution in [0.15, 0.2) is 0 Å². The van der Waals surface area contributed by atoms with Crippen LogP contribution in [0.3, 0.4) is 0 Å². The van der Waals surface area contributed by atoms with Crippen molar-refractivity contribution >= 4 is 11.6 Å². The molecule has 0 aromatic carbocycles. The summed E-state index contributed by atoms with van der Waals surface area (Å²) in [6, 6.07) is 0. The van der Waals surface area contributed by atoms with E-state index in [0.29, 0.717) is 5.88 Å². The van der Waals surface area contributed by atoms with Crippen molar-refractivity contribution in [3.8, 4) is 0 Å². The van der Waals surface area contributed by atoms with Gasteiger partial charge < -0.3 is 5.11 Å². The normalized spacial score (nSPS) is 5.50. The Bertz CT molecular complexity index is 19.0. The van der Waals surface area contributed by atoms with Gasteiger partial charge in [-0.25, -0.2) is 0 Å². The summed E-state index contributed by atoms with van der Waals surface area (Å²) in [6.07, 6.45) is 0. The molecule has 0 saturated heterocycles. The van der Waals surface area contributed by atoms with Crippen molar-refractivity contribution < 1.29 is 26.1 Å². The summed E-state index contributed by atoms with van der Waals surface area (Å²) < 4.78 is 8.19. The van der Waals surface area contributed by atoms with Gasteiger partial charge in [0, 0.05) is 5.88 Å². The second-order valence-electron chi connectivity index (χ2n) is 0.413. The van der Waals surface area contributed by atoms with E-state index >= 15 is 0 Å². The van der Waals surface area contributed by atoms with Crippen molar-refractivity contribution in [3.63, 3.8) is 0 Å². The molecule has 0 heterocycles. The molecule has 0 aliphatic rings. The quantitative estimate of drug-likeness (QED) is 0.534. The Hall–Kier alpha value is 0.634. The van der Waals surface area contributed by atoms with Gasteiger partial charge in [0.15, 0.2) is 0 Å². The number of aliphatic hydroxyl groups is 1. The first-order valence-corrected chi connectivity index (χ1v) is 2.37. The molecule has 0 spiro atoms. The van der Waals surface area contributed by atoms with Crippen LogP contribution in [0.1, 0.15) is 0 Å². The van der Waals surface area contributed by atoms with Gasteiger partial charge >= 0.3 is 21.0 Å². The second kappa shape index (κ2) is 17.4. The van der Waals surface area contributed by atoms with Crippen LogP contribution in [0, 0.1) is 0 Å². The van der Waals surface area contributed by atoms with E-state index in [-0.39, 0.29) is 6.61 Å². The van der Waals surface area contributed by atoms with Gasteiger partial charge in [-0.2, -0.15) is 0 Å². The van der Waals surface area contributed by atoms with E-state index in [1.807, 2.05) is 0 Å². The maximum absolute atomic E-state index is 8.19. The molecule has 0 aliphatic carbocycles. The molecule has 0 unspecified atom stereocenters. The van der Waals surface area contributed by atoms with Gasteiger partial charge in [0.2, 0.25) is 0 Å². The number of hydrogen-bond acceptors (Lipinski definition) is 2. The zero-order valence-electron chi connectivity index (χ0n) is 3.09. The van der Waals surface area contributed by atoms with E-state index in [0.717, 1.165) is 17.4 Å². The monoisotopic (exact) mass is 147 g/mol. The van der Waals surface area contributed by atoms with Crippen LogP contribution in [0.5, 0.6) is 0 Å². The fourth-order valence-corrected chi connectivity index (χ4v) is 0. The average Bonchev–Trinajstić information content (AvgIpc) is 1.72. The van der Waals surface area contributed by atoms with Gasteiger partial charge in [-0.1, -0.05) is 0 Å². The van der Waals surface area contributed by atoms with E-state index in [9.17, 15) is 0 Å². The summed E-state index contributed by atoms with van der Waals surface area (Å²) in [5, 5.41) is 7.74. The van der Waals surface area contributed by atoms with Gasteiger partial charge in [-0.15, -0.1) is 11.6 Å². The molecule has 1 N–H and O–H groups in total. The summed E-state index contributed by atoms with van der Waals surface area (Å²) in [4.78, 5) is 0. The predicted molar refractivity (Wildman–Crippen MR) is 18.5 cm³/mol. The summed E-state index contributed by atoms with van der Waals surface area (Å²) in [6.45, 7) is 0.0849. The molecule has 0 aliphatic heterocycles. The van der Waals surface area contributed by atoms with Crippen LogP contribution in [0.4, 0.5) is 0 Å². The molecule has 0 bridgehead atoms. The van der Waals surface area contributed by atoms with E-state index in [4.69, 9.17) is 20.4 Å². The van der Waals surface area contributed by atoms with Gasteiger partial charge in [-0.05, 0) is 0 Å². The molecule has 0 atom stereocenters. The van der Waals surface area contributed by atoms with Crippen LogP contribution in [0.25, 0.3) is 0 Å². The Labute approximate surface area is 50.7 Å². The molecule has 4 heteroatoms. The Morgan fingerprint density at radius 1 is 1.67 bits per heavy atom. The number of halogens is 1. The zero-order valence-corrected chi connectivity index (χ0v) is 5.25. The summed E-state index contributed by atoms with van der Waals surface area (Å²) in [7, 11) is 0. The zero-order chi connectivity index (χ0) is 5.41. The Morgan fingerprint density at radius 3 is 1.83 bits per heavy atom. The van der Waals surface area contributed by atoms with Gasteiger partial charge in [0.1, 0.15) is 0 Å². The van der Waals surface area contributed by atoms with E-state index < -0.39 is 0 Å². The molecular weight excluding hydrogens is 142 g/mol. The van der Waals surface area contributed by atoms with E-state index in [1.54, 1.807) is 0 Å². The molecule has 0 fully saturated rings. The van der Waals surface area contributed by atoms with E-state index in [1.165, 1.54) is 0 Å². The number of aliphatic hydroxyl groups excluding tert-OH is 1. The van der Waals surface area contributed by atoms with Crippen LogP contribution in [0.2, 0.25) is 0 Å². The third-order valence-corrected chi connectivity index (χ3v) is 0.254. The van der Waals surface area contributed by atoms with Gasteiger partial charge in [0.25, 0.3) is 0 Å². The molecule has 0 aromatic heterocycles. The maximum atomic E-state index is 8.19. The Kier molecular flexibility index (Phi) is 28.5. The van der Waals surface area contributed by atoms with Crippen molar-refractivity contribution in [1.82, 2.24) is 0 Å². The molecular formula is C2H5ClO2V. The van der Waals surface area contributed by atoms with Crippen molar-refractivity contribution in [1.29, 1.82) is 0 Å². The van der Waals surface area contributed by atoms with Crippen molar-refractivity contribution in [3.05, 3.63) is 0 Å². The SMILES string of the molecule is OCCCl.[O]=[V]. The van der Waals surface area contributed by atoms with E-state index in [2.05, 4.69) is 0 Å². The third kappa shape index (κ3) is 22.9. The molecule has 2 nitrogen and oxygen atoms in total. The first kappa shape index (κ1) is 9.81. The summed E-state index contributed by atoms with van der Waals surface area (Å²) in [5.41, 5.74) is 0. The topological polar surface area (TPSA) is 37.3 Å². The van der Waals surface area contributed by atoms with Crippen molar-refractivity contribution in [2.45, 2.75) is 0 Å². The minimum atomic E-state index is 0.0849. The Balaban J connectivity index is 0. The first-order valence-electron chi connectivity index (χ1n) is 1.27. The molecule has 6 heavy (non-hydrogen) atoms. The van der Waals surface area contributed by atoms with Crippen LogP contribution >= 0.6 is 11.6 Å². The Morgan fingerprint density at radius 2 is 1.83 bits per heavy atom. The third-order valence-electron chi connectivity index (χ3n) is 0.0845. The fraction of sp³-hybridized carbons (Fsp3) is 1.00. The van der Waals surface area contributed by atoms with Crippen LogP contribution < -0.4 is 0 Å². The van der Waals surface area contributed by atoms with Crippen molar-refractivity contribution in [2.75, 3.05) is 12.5 Å². The molecule has 0 rings (SSSR count). The second-order valence-corrected chi connectivity index (χ2v) is 0.791. The van der Waals surface area contributed by atoms with Crippen LogP contribution in [-0.2, 0) is 21.0 Å². The average molecular weight is 147 g/mol. The molecule has 0 aromatic rings.